The molecule has 2 aromatic heterocycles. The van der Waals surface area contributed by atoms with Crippen molar-refractivity contribution in [3.8, 4) is 0 Å². The van der Waals surface area contributed by atoms with Gasteiger partial charge in [-0.05, 0) is 29.3 Å². The van der Waals surface area contributed by atoms with Crippen LogP contribution in [-0.4, -0.2) is 20.0 Å². The quantitative estimate of drug-likeness (QED) is 0.604. The number of nitrogens with zero attached hydrogens (tertiary/aromatic N) is 3. The Kier molecular flexibility index (Phi) is 4.27. The van der Waals surface area contributed by atoms with Crippen LogP contribution in [0.4, 0.5) is 0 Å². The number of carbonyl (C=O) groups excluding carboxylic acids is 1. The molecule has 0 radical (unpaired) electrons. The molecule has 0 fully saturated rings. The van der Waals surface area contributed by atoms with E-state index in [0.717, 1.165) is 23.0 Å². The summed E-state index contributed by atoms with van der Waals surface area (Å²) in [5.74, 6) is -0.0563. The first-order valence-corrected chi connectivity index (χ1v) is 8.57. The van der Waals surface area contributed by atoms with E-state index in [0.29, 0.717) is 12.1 Å². The van der Waals surface area contributed by atoms with Crippen LogP contribution in [-0.2, 0) is 20.1 Å². The van der Waals surface area contributed by atoms with Crippen molar-refractivity contribution >= 4 is 16.8 Å². The third kappa shape index (κ3) is 3.11. The van der Waals surface area contributed by atoms with Gasteiger partial charge in [0.15, 0.2) is 0 Å². The highest BCUT2D eigenvalue weighted by Crippen LogP contribution is 2.19. The van der Waals surface area contributed by atoms with Crippen molar-refractivity contribution in [2.75, 3.05) is 0 Å². The molecule has 0 spiro atoms. The van der Waals surface area contributed by atoms with E-state index < -0.39 is 0 Å². The molecule has 0 aliphatic rings. The fraction of sp³-hybridized carbons (Fsp3) is 0.143. The summed E-state index contributed by atoms with van der Waals surface area (Å²) in [5, 5.41) is 4.04. The van der Waals surface area contributed by atoms with E-state index in [1.165, 1.54) is 5.56 Å². The van der Waals surface area contributed by atoms with Crippen LogP contribution in [0.2, 0.25) is 0 Å². The minimum absolute atomic E-state index is 0.0563. The SMILES string of the molecule is Cn1ccc2c(C(=O)NCc3ccccc3Cn3ccnc3)cccc21. The molecule has 2 heterocycles. The fourth-order valence-electron chi connectivity index (χ4n) is 3.23. The molecule has 26 heavy (non-hydrogen) atoms. The van der Waals surface area contributed by atoms with E-state index >= 15 is 0 Å². The summed E-state index contributed by atoms with van der Waals surface area (Å²) in [7, 11) is 1.98. The normalized spacial score (nSPS) is 11.0. The first kappa shape index (κ1) is 16.1. The van der Waals surface area contributed by atoms with Gasteiger partial charge >= 0.3 is 0 Å². The first-order chi connectivity index (χ1) is 12.7. The molecular weight excluding hydrogens is 324 g/mol. The zero-order valence-electron chi connectivity index (χ0n) is 14.6. The van der Waals surface area contributed by atoms with Crippen LogP contribution >= 0.6 is 0 Å². The summed E-state index contributed by atoms with van der Waals surface area (Å²) in [4.78, 5) is 16.8. The number of hydrogen-bond donors (Lipinski definition) is 1. The van der Waals surface area contributed by atoms with Gasteiger partial charge in [0.05, 0.1) is 6.33 Å². The number of aryl methyl sites for hydroxylation is 1. The average Bonchev–Trinajstić information content (AvgIpc) is 3.31. The second-order valence-corrected chi connectivity index (χ2v) is 6.35. The molecule has 5 nitrogen and oxygen atoms in total. The second-order valence-electron chi connectivity index (χ2n) is 6.35. The van der Waals surface area contributed by atoms with Crippen molar-refractivity contribution in [1.29, 1.82) is 0 Å². The van der Waals surface area contributed by atoms with Gasteiger partial charge in [-0.1, -0.05) is 30.3 Å². The Bertz CT molecular complexity index is 1050. The highest BCUT2D eigenvalue weighted by molar-refractivity contribution is 6.06. The van der Waals surface area contributed by atoms with Crippen LogP contribution in [0.5, 0.6) is 0 Å². The maximum Gasteiger partial charge on any atom is 0.252 e. The van der Waals surface area contributed by atoms with Crippen molar-refractivity contribution in [1.82, 2.24) is 19.4 Å². The maximum atomic E-state index is 12.7. The van der Waals surface area contributed by atoms with Crippen LogP contribution in [0, 0.1) is 0 Å². The molecule has 5 heteroatoms. The van der Waals surface area contributed by atoms with Gasteiger partial charge in [0, 0.05) is 55.2 Å². The third-order valence-electron chi connectivity index (χ3n) is 4.64. The lowest BCUT2D eigenvalue weighted by atomic mass is 10.1. The largest absolute Gasteiger partial charge is 0.351 e. The number of amides is 1. The monoisotopic (exact) mass is 344 g/mol. The summed E-state index contributed by atoms with van der Waals surface area (Å²) in [6, 6.07) is 15.9. The predicted octanol–water partition coefficient (Wildman–Crippen LogP) is 3.35. The highest BCUT2D eigenvalue weighted by Gasteiger charge is 2.12. The Morgan fingerprint density at radius 2 is 1.88 bits per heavy atom. The summed E-state index contributed by atoms with van der Waals surface area (Å²) in [5.41, 5.74) is 4.03. The number of aromatic nitrogens is 3. The Morgan fingerprint density at radius 1 is 1.04 bits per heavy atom. The lowest BCUT2D eigenvalue weighted by Crippen LogP contribution is -2.23. The van der Waals surface area contributed by atoms with E-state index in [1.54, 1.807) is 12.5 Å². The van der Waals surface area contributed by atoms with Crippen LogP contribution in [0.1, 0.15) is 21.5 Å². The number of benzene rings is 2. The Labute approximate surface area is 151 Å². The number of carbonyl (C=O) groups is 1. The molecule has 2 aromatic carbocycles. The first-order valence-electron chi connectivity index (χ1n) is 8.57. The smallest absolute Gasteiger partial charge is 0.252 e. The van der Waals surface area contributed by atoms with E-state index in [9.17, 15) is 4.79 Å². The standard InChI is InChI=1S/C21H20N4O/c1-24-11-9-18-19(7-4-8-20(18)24)21(26)23-13-16-5-2-3-6-17(16)14-25-12-10-22-15-25/h2-12,15H,13-14H2,1H3,(H,23,26). The fourth-order valence-corrected chi connectivity index (χ4v) is 3.23. The summed E-state index contributed by atoms with van der Waals surface area (Å²) < 4.78 is 4.04. The molecular formula is C21H20N4O. The minimum Gasteiger partial charge on any atom is -0.351 e. The average molecular weight is 344 g/mol. The van der Waals surface area contributed by atoms with E-state index in [1.807, 2.05) is 65.0 Å². The molecule has 130 valence electrons. The zero-order chi connectivity index (χ0) is 17.9. The van der Waals surface area contributed by atoms with Gasteiger partial charge in [0.2, 0.25) is 0 Å². The van der Waals surface area contributed by atoms with Gasteiger partial charge in [-0.2, -0.15) is 0 Å². The highest BCUT2D eigenvalue weighted by atomic mass is 16.1. The van der Waals surface area contributed by atoms with E-state index in [-0.39, 0.29) is 5.91 Å². The van der Waals surface area contributed by atoms with Gasteiger partial charge in [-0.25, -0.2) is 4.98 Å². The van der Waals surface area contributed by atoms with Gasteiger partial charge < -0.3 is 14.5 Å². The van der Waals surface area contributed by atoms with Gasteiger partial charge in [0.25, 0.3) is 5.91 Å². The topological polar surface area (TPSA) is 51.9 Å². The molecule has 1 N–H and O–H groups in total. The lowest BCUT2D eigenvalue weighted by molar-refractivity contribution is 0.0952. The van der Waals surface area contributed by atoms with E-state index in [2.05, 4.69) is 22.4 Å². The molecule has 0 saturated heterocycles. The van der Waals surface area contributed by atoms with Crippen LogP contribution < -0.4 is 5.32 Å². The van der Waals surface area contributed by atoms with Crippen LogP contribution in [0.3, 0.4) is 0 Å². The molecule has 4 aromatic rings. The van der Waals surface area contributed by atoms with Gasteiger partial charge in [-0.15, -0.1) is 0 Å². The second kappa shape index (κ2) is 6.88. The van der Waals surface area contributed by atoms with Crippen LogP contribution in [0.15, 0.2) is 73.4 Å². The van der Waals surface area contributed by atoms with Crippen molar-refractivity contribution in [3.63, 3.8) is 0 Å². The van der Waals surface area contributed by atoms with E-state index in [4.69, 9.17) is 0 Å². The molecule has 0 aliphatic carbocycles. The van der Waals surface area contributed by atoms with Gasteiger partial charge in [-0.3, -0.25) is 4.79 Å². The number of fused-ring (bicyclic) bond motifs is 1. The lowest BCUT2D eigenvalue weighted by Gasteiger charge is -2.12. The molecule has 0 atom stereocenters. The van der Waals surface area contributed by atoms with Crippen molar-refractivity contribution in [2.24, 2.45) is 7.05 Å². The Morgan fingerprint density at radius 3 is 2.69 bits per heavy atom. The van der Waals surface area contributed by atoms with Crippen molar-refractivity contribution < 1.29 is 4.79 Å². The molecule has 0 bridgehead atoms. The van der Waals surface area contributed by atoms with Crippen LogP contribution in [0.25, 0.3) is 10.9 Å². The predicted molar refractivity (Wildman–Crippen MR) is 102 cm³/mol. The van der Waals surface area contributed by atoms with Crippen molar-refractivity contribution in [3.05, 3.63) is 90.1 Å². The molecule has 0 aliphatic heterocycles. The summed E-state index contributed by atoms with van der Waals surface area (Å²) in [6.07, 6.45) is 7.48. The van der Waals surface area contributed by atoms with Gasteiger partial charge in [0.1, 0.15) is 0 Å². The molecule has 0 unspecified atom stereocenters. The Hall–Kier alpha value is -3.34. The number of imidazole rings is 1. The molecule has 4 rings (SSSR count). The van der Waals surface area contributed by atoms with Crippen molar-refractivity contribution in [2.45, 2.75) is 13.1 Å². The number of rotatable bonds is 5. The maximum absolute atomic E-state index is 12.7. The summed E-state index contributed by atoms with van der Waals surface area (Å²) >= 11 is 0. The molecule has 0 saturated carbocycles. The molecule has 1 amide bonds. The Balaban J connectivity index is 1.53. The zero-order valence-corrected chi connectivity index (χ0v) is 14.6. The third-order valence-corrected chi connectivity index (χ3v) is 4.64. The summed E-state index contributed by atoms with van der Waals surface area (Å²) in [6.45, 7) is 1.23. The number of hydrogen-bond acceptors (Lipinski definition) is 2. The number of nitrogens with one attached hydrogen (secondary N) is 1. The minimum atomic E-state index is -0.0563.